The minimum Gasteiger partial charge on any atom is -0.466 e. The quantitative estimate of drug-likeness (QED) is 0.618. The van der Waals surface area contributed by atoms with Crippen LogP contribution in [-0.2, 0) is 16.0 Å². The maximum atomic E-state index is 11.7. The monoisotopic (exact) mass is 249 g/mol. The van der Waals surface area contributed by atoms with Gasteiger partial charge >= 0.3 is 5.97 Å². The summed E-state index contributed by atoms with van der Waals surface area (Å²) in [6, 6.07) is 8.15. The first kappa shape index (κ1) is 13.1. The topological polar surface area (TPSA) is 58.6 Å². The van der Waals surface area contributed by atoms with Crippen LogP contribution in [0.5, 0.6) is 0 Å². The minimum absolute atomic E-state index is 0.139. The van der Waals surface area contributed by atoms with Crippen LogP contribution >= 0.6 is 0 Å². The van der Waals surface area contributed by atoms with Gasteiger partial charge in [-0.2, -0.15) is 0 Å². The fourth-order valence-corrected chi connectivity index (χ4v) is 2.77. The molecule has 98 valence electrons. The molecule has 1 aliphatic carbocycles. The summed E-state index contributed by atoms with van der Waals surface area (Å²) in [5, 5.41) is 8.89. The van der Waals surface area contributed by atoms with Crippen LogP contribution in [0.15, 0.2) is 24.3 Å². The van der Waals surface area contributed by atoms with Crippen molar-refractivity contribution in [3.8, 4) is 0 Å². The Balaban J connectivity index is 2.15. The summed E-state index contributed by atoms with van der Waals surface area (Å²) >= 11 is 0. The Morgan fingerprint density at radius 3 is 3.00 bits per heavy atom. The Labute approximate surface area is 107 Å². The fourth-order valence-electron chi connectivity index (χ4n) is 2.77. The molecule has 2 N–H and O–H groups in total. The molecule has 0 bridgehead atoms. The van der Waals surface area contributed by atoms with E-state index in [9.17, 15) is 4.79 Å². The average Bonchev–Trinajstić information content (AvgIpc) is 2.69. The normalized spacial score (nSPS) is 21.7. The number of rotatable bonds is 5. The Kier molecular flexibility index (Phi) is 4.33. The first-order valence-electron chi connectivity index (χ1n) is 6.36. The summed E-state index contributed by atoms with van der Waals surface area (Å²) < 4.78 is 5.02. The van der Waals surface area contributed by atoms with Gasteiger partial charge in [0.15, 0.2) is 0 Å². The van der Waals surface area contributed by atoms with Crippen molar-refractivity contribution in [3.05, 3.63) is 35.4 Å². The van der Waals surface area contributed by atoms with Crippen LogP contribution in [0.3, 0.4) is 0 Å². The van der Waals surface area contributed by atoms with Gasteiger partial charge in [-0.15, -0.1) is 0 Å². The van der Waals surface area contributed by atoms with Crippen molar-refractivity contribution in [1.82, 2.24) is 5.48 Å². The lowest BCUT2D eigenvalue weighted by molar-refractivity contribution is -0.143. The highest BCUT2D eigenvalue weighted by Crippen LogP contribution is 2.39. The van der Waals surface area contributed by atoms with Gasteiger partial charge in [-0.3, -0.25) is 4.79 Å². The average molecular weight is 249 g/mol. The Hall–Kier alpha value is -1.39. The van der Waals surface area contributed by atoms with Gasteiger partial charge in [0.05, 0.1) is 13.0 Å². The van der Waals surface area contributed by atoms with Gasteiger partial charge in [-0.05, 0) is 36.3 Å². The first-order chi connectivity index (χ1) is 8.76. The smallest absolute Gasteiger partial charge is 0.306 e. The molecule has 1 aliphatic rings. The number of hydroxylamine groups is 1. The number of hydrogen-bond acceptors (Lipinski definition) is 4. The highest BCUT2D eigenvalue weighted by atomic mass is 16.5. The molecule has 0 radical (unpaired) electrons. The van der Waals surface area contributed by atoms with E-state index >= 15 is 0 Å². The molecule has 0 spiro atoms. The number of fused-ring (bicyclic) bond motifs is 1. The lowest BCUT2D eigenvalue weighted by Crippen LogP contribution is -2.24. The SMILES string of the molecule is CCOC(=O)CC1c2ccccc2CC1CNO. The second kappa shape index (κ2) is 5.98. The van der Waals surface area contributed by atoms with E-state index < -0.39 is 0 Å². The molecule has 0 saturated heterocycles. The lowest BCUT2D eigenvalue weighted by atomic mass is 9.89. The molecule has 0 aromatic heterocycles. The van der Waals surface area contributed by atoms with E-state index in [1.54, 1.807) is 0 Å². The van der Waals surface area contributed by atoms with Gasteiger partial charge < -0.3 is 9.94 Å². The molecule has 4 heteroatoms. The number of esters is 1. The maximum Gasteiger partial charge on any atom is 0.306 e. The largest absolute Gasteiger partial charge is 0.466 e. The van der Waals surface area contributed by atoms with Crippen LogP contribution in [-0.4, -0.2) is 24.3 Å². The van der Waals surface area contributed by atoms with Crippen molar-refractivity contribution < 1.29 is 14.7 Å². The summed E-state index contributed by atoms with van der Waals surface area (Å²) in [5.41, 5.74) is 4.71. The standard InChI is InChI=1S/C14H19NO3/c1-2-18-14(16)8-13-11(9-15-17)7-10-5-3-4-6-12(10)13/h3-6,11,13,15,17H,2,7-9H2,1H3. The van der Waals surface area contributed by atoms with Gasteiger partial charge in [0.1, 0.15) is 0 Å². The van der Waals surface area contributed by atoms with Gasteiger partial charge in [0.25, 0.3) is 0 Å². The molecule has 0 fully saturated rings. The number of carbonyl (C=O) groups excluding carboxylic acids is 1. The van der Waals surface area contributed by atoms with Crippen molar-refractivity contribution in [2.45, 2.75) is 25.7 Å². The van der Waals surface area contributed by atoms with E-state index in [-0.39, 0.29) is 17.8 Å². The van der Waals surface area contributed by atoms with Crippen molar-refractivity contribution in [1.29, 1.82) is 0 Å². The van der Waals surface area contributed by atoms with Crippen molar-refractivity contribution >= 4 is 5.97 Å². The second-order valence-electron chi connectivity index (χ2n) is 4.64. The minimum atomic E-state index is -0.165. The third-order valence-corrected chi connectivity index (χ3v) is 3.55. The molecule has 18 heavy (non-hydrogen) atoms. The molecule has 2 unspecified atom stereocenters. The molecular formula is C14H19NO3. The van der Waals surface area contributed by atoms with Crippen LogP contribution in [0.1, 0.15) is 30.4 Å². The van der Waals surface area contributed by atoms with E-state index in [4.69, 9.17) is 9.94 Å². The van der Waals surface area contributed by atoms with Crippen molar-refractivity contribution in [3.63, 3.8) is 0 Å². The molecule has 0 heterocycles. The molecule has 1 aromatic rings. The molecule has 2 rings (SSSR count). The predicted octanol–water partition coefficient (Wildman–Crippen LogP) is 1.87. The second-order valence-corrected chi connectivity index (χ2v) is 4.64. The number of hydrogen-bond donors (Lipinski definition) is 2. The highest BCUT2D eigenvalue weighted by Gasteiger charge is 2.33. The molecular weight excluding hydrogens is 230 g/mol. The fraction of sp³-hybridized carbons (Fsp3) is 0.500. The number of carbonyl (C=O) groups is 1. The zero-order chi connectivity index (χ0) is 13.0. The third-order valence-electron chi connectivity index (χ3n) is 3.55. The zero-order valence-electron chi connectivity index (χ0n) is 10.6. The van der Waals surface area contributed by atoms with E-state index in [0.29, 0.717) is 19.6 Å². The van der Waals surface area contributed by atoms with E-state index in [2.05, 4.69) is 17.6 Å². The summed E-state index contributed by atoms with van der Waals surface area (Å²) in [5.74, 6) is 0.221. The zero-order valence-corrected chi connectivity index (χ0v) is 10.6. The van der Waals surface area contributed by atoms with Crippen LogP contribution in [0.4, 0.5) is 0 Å². The number of ether oxygens (including phenoxy) is 1. The molecule has 4 nitrogen and oxygen atoms in total. The van der Waals surface area contributed by atoms with Crippen LogP contribution < -0.4 is 5.48 Å². The summed E-state index contributed by atoms with van der Waals surface area (Å²) in [6.45, 7) is 2.72. The van der Waals surface area contributed by atoms with Crippen molar-refractivity contribution in [2.24, 2.45) is 5.92 Å². The Morgan fingerprint density at radius 1 is 1.50 bits per heavy atom. The maximum absolute atomic E-state index is 11.7. The molecule has 0 aliphatic heterocycles. The molecule has 0 amide bonds. The van der Waals surface area contributed by atoms with Gasteiger partial charge in [0, 0.05) is 6.54 Å². The molecule has 2 atom stereocenters. The number of nitrogens with one attached hydrogen (secondary N) is 1. The predicted molar refractivity (Wildman–Crippen MR) is 67.4 cm³/mol. The lowest BCUT2D eigenvalue weighted by Gasteiger charge is -2.18. The Bertz CT molecular complexity index is 419. The highest BCUT2D eigenvalue weighted by molar-refractivity contribution is 5.71. The van der Waals surface area contributed by atoms with E-state index in [1.165, 1.54) is 11.1 Å². The molecule has 0 saturated carbocycles. The Morgan fingerprint density at radius 2 is 2.28 bits per heavy atom. The van der Waals surface area contributed by atoms with Gasteiger partial charge in [0.2, 0.25) is 0 Å². The van der Waals surface area contributed by atoms with Crippen LogP contribution in [0.25, 0.3) is 0 Å². The third kappa shape index (κ3) is 2.71. The van der Waals surface area contributed by atoms with Crippen molar-refractivity contribution in [2.75, 3.05) is 13.2 Å². The summed E-state index contributed by atoms with van der Waals surface area (Å²) in [4.78, 5) is 11.7. The van der Waals surface area contributed by atoms with E-state index in [0.717, 1.165) is 6.42 Å². The summed E-state index contributed by atoms with van der Waals surface area (Å²) in [6.07, 6.45) is 1.28. The van der Waals surface area contributed by atoms with Gasteiger partial charge in [-0.1, -0.05) is 24.3 Å². The number of benzene rings is 1. The van der Waals surface area contributed by atoms with Crippen LogP contribution in [0, 0.1) is 5.92 Å². The van der Waals surface area contributed by atoms with Gasteiger partial charge in [-0.25, -0.2) is 5.48 Å². The first-order valence-corrected chi connectivity index (χ1v) is 6.36. The van der Waals surface area contributed by atoms with Crippen LogP contribution in [0.2, 0.25) is 0 Å². The summed E-state index contributed by atoms with van der Waals surface area (Å²) in [7, 11) is 0. The molecule has 1 aromatic carbocycles. The van der Waals surface area contributed by atoms with E-state index in [1.807, 2.05) is 19.1 Å².